The van der Waals surface area contributed by atoms with Crippen LogP contribution in [0, 0.1) is 0 Å². The first-order valence-electron chi connectivity index (χ1n) is 3.95. The van der Waals surface area contributed by atoms with Gasteiger partial charge in [-0.25, -0.2) is 13.4 Å². The summed E-state index contributed by atoms with van der Waals surface area (Å²) >= 11 is 5.48. The fourth-order valence-electron chi connectivity index (χ4n) is 0.938. The van der Waals surface area contributed by atoms with Crippen LogP contribution in [0.15, 0.2) is 25.6 Å². The number of halogens is 1. The molecule has 2 rings (SSSR count). The molecule has 2 aromatic rings. The zero-order chi connectivity index (χ0) is 11.8. The van der Waals surface area contributed by atoms with Crippen LogP contribution in [0.3, 0.4) is 0 Å². The standard InChI is InChI=1S/C7H6BrN3O2S3/c8-5-2-10-7(15-5)11-16(12,13)6-1-4(9)3-14-6/h1-3H,9H2,(H,10,11). The highest BCUT2D eigenvalue weighted by atomic mass is 79.9. The average Bonchev–Trinajstić information content (AvgIpc) is 2.75. The number of aromatic nitrogens is 1. The maximum absolute atomic E-state index is 11.8. The molecule has 5 nitrogen and oxygen atoms in total. The molecule has 0 aliphatic carbocycles. The smallest absolute Gasteiger partial charge is 0.273 e. The van der Waals surface area contributed by atoms with Gasteiger partial charge in [0, 0.05) is 11.1 Å². The molecule has 0 atom stereocenters. The van der Waals surface area contributed by atoms with Crippen LogP contribution >= 0.6 is 38.6 Å². The van der Waals surface area contributed by atoms with Gasteiger partial charge in [-0.15, -0.1) is 11.3 Å². The van der Waals surface area contributed by atoms with Gasteiger partial charge < -0.3 is 5.73 Å². The Morgan fingerprint density at radius 3 is 2.75 bits per heavy atom. The Morgan fingerprint density at radius 2 is 2.25 bits per heavy atom. The van der Waals surface area contributed by atoms with Gasteiger partial charge in [0.05, 0.1) is 9.98 Å². The number of thiazole rings is 1. The molecule has 0 saturated carbocycles. The number of nitrogen functional groups attached to an aromatic ring is 1. The molecule has 2 heterocycles. The van der Waals surface area contributed by atoms with E-state index >= 15 is 0 Å². The number of rotatable bonds is 3. The summed E-state index contributed by atoms with van der Waals surface area (Å²) in [6, 6.07) is 1.41. The number of sulfonamides is 1. The second-order valence-corrected chi connectivity index (χ2v) is 8.00. The number of anilines is 2. The van der Waals surface area contributed by atoms with Crippen LogP contribution in [-0.4, -0.2) is 13.4 Å². The highest BCUT2D eigenvalue weighted by molar-refractivity contribution is 9.11. The maximum atomic E-state index is 11.8. The van der Waals surface area contributed by atoms with E-state index in [9.17, 15) is 8.42 Å². The Kier molecular flexibility index (Phi) is 3.19. The van der Waals surface area contributed by atoms with Crippen LogP contribution in [0.25, 0.3) is 0 Å². The molecule has 9 heteroatoms. The summed E-state index contributed by atoms with van der Waals surface area (Å²) < 4.78 is 26.9. The summed E-state index contributed by atoms with van der Waals surface area (Å²) in [4.78, 5) is 3.89. The Morgan fingerprint density at radius 1 is 1.50 bits per heavy atom. The molecule has 0 saturated heterocycles. The Hall–Kier alpha value is -0.640. The molecular formula is C7H6BrN3O2S3. The number of nitrogens with two attached hydrogens (primary N) is 1. The molecular weight excluding hydrogens is 334 g/mol. The zero-order valence-corrected chi connectivity index (χ0v) is 11.7. The van der Waals surface area contributed by atoms with Crippen molar-refractivity contribution in [3.05, 3.63) is 21.4 Å². The van der Waals surface area contributed by atoms with Crippen LogP contribution in [0.1, 0.15) is 0 Å². The second kappa shape index (κ2) is 4.32. The molecule has 2 aromatic heterocycles. The lowest BCUT2D eigenvalue weighted by Gasteiger charge is -2.00. The SMILES string of the molecule is Nc1csc(S(=O)(=O)Nc2ncc(Br)s2)c1. The van der Waals surface area contributed by atoms with Gasteiger partial charge in [0.25, 0.3) is 10.0 Å². The normalized spacial score (nSPS) is 11.6. The molecule has 3 N–H and O–H groups in total. The van der Waals surface area contributed by atoms with Crippen molar-refractivity contribution in [1.82, 2.24) is 4.98 Å². The van der Waals surface area contributed by atoms with E-state index in [1.165, 1.54) is 23.6 Å². The van der Waals surface area contributed by atoms with Crippen molar-refractivity contribution in [2.45, 2.75) is 4.21 Å². The zero-order valence-electron chi connectivity index (χ0n) is 7.68. The number of hydrogen-bond donors (Lipinski definition) is 2. The molecule has 0 radical (unpaired) electrons. The van der Waals surface area contributed by atoms with Crippen LogP contribution in [-0.2, 0) is 10.0 Å². The third-order valence-corrected chi connectivity index (χ3v) is 5.88. The summed E-state index contributed by atoms with van der Waals surface area (Å²) in [5, 5.41) is 1.89. The van der Waals surface area contributed by atoms with E-state index in [0.29, 0.717) is 10.8 Å². The minimum Gasteiger partial charge on any atom is -0.398 e. The molecule has 0 bridgehead atoms. The van der Waals surface area contributed by atoms with Crippen LogP contribution in [0.5, 0.6) is 0 Å². The lowest BCUT2D eigenvalue weighted by Crippen LogP contribution is -2.11. The predicted octanol–water partition coefficient (Wildman–Crippen LogP) is 2.35. The Bertz CT molecular complexity index is 604. The first kappa shape index (κ1) is 11.8. The summed E-state index contributed by atoms with van der Waals surface area (Å²) in [7, 11) is -3.56. The molecule has 0 aromatic carbocycles. The third-order valence-electron chi connectivity index (χ3n) is 1.56. The predicted molar refractivity (Wildman–Crippen MR) is 69.4 cm³/mol. The molecule has 86 valence electrons. The molecule has 0 amide bonds. The van der Waals surface area contributed by atoms with Crippen LogP contribution in [0.4, 0.5) is 10.8 Å². The van der Waals surface area contributed by atoms with E-state index in [4.69, 9.17) is 5.73 Å². The largest absolute Gasteiger partial charge is 0.398 e. The lowest BCUT2D eigenvalue weighted by atomic mass is 10.6. The Labute approximate surface area is 109 Å². The summed E-state index contributed by atoms with van der Waals surface area (Å²) in [5.41, 5.74) is 5.91. The van der Waals surface area contributed by atoms with Gasteiger partial charge >= 0.3 is 0 Å². The number of thiophene rings is 1. The number of nitrogens with one attached hydrogen (secondary N) is 1. The van der Waals surface area contributed by atoms with Gasteiger partial charge in [0.2, 0.25) is 0 Å². The van der Waals surface area contributed by atoms with E-state index in [1.807, 2.05) is 0 Å². The quantitative estimate of drug-likeness (QED) is 0.898. The van der Waals surface area contributed by atoms with Gasteiger partial charge in [0.1, 0.15) is 4.21 Å². The van der Waals surface area contributed by atoms with E-state index in [0.717, 1.165) is 15.1 Å². The van der Waals surface area contributed by atoms with Crippen molar-refractivity contribution in [2.75, 3.05) is 10.5 Å². The fraction of sp³-hybridized carbons (Fsp3) is 0. The highest BCUT2D eigenvalue weighted by Crippen LogP contribution is 2.28. The summed E-state index contributed by atoms with van der Waals surface area (Å²) in [6.45, 7) is 0. The maximum Gasteiger partial charge on any atom is 0.273 e. The number of nitrogens with zero attached hydrogens (tertiary/aromatic N) is 1. The second-order valence-electron chi connectivity index (χ2n) is 2.77. The topological polar surface area (TPSA) is 85.1 Å². The van der Waals surface area contributed by atoms with Crippen LogP contribution in [0.2, 0.25) is 0 Å². The molecule has 0 aliphatic rings. The van der Waals surface area contributed by atoms with E-state index in [1.54, 1.807) is 5.38 Å². The fourth-order valence-corrected chi connectivity index (χ4v) is 4.37. The lowest BCUT2D eigenvalue weighted by molar-refractivity contribution is 0.603. The van der Waals surface area contributed by atoms with Gasteiger partial charge in [-0.05, 0) is 22.0 Å². The van der Waals surface area contributed by atoms with Gasteiger partial charge in [-0.3, -0.25) is 4.72 Å². The number of hydrogen-bond acceptors (Lipinski definition) is 6. The molecule has 0 spiro atoms. The highest BCUT2D eigenvalue weighted by Gasteiger charge is 2.17. The van der Waals surface area contributed by atoms with E-state index in [-0.39, 0.29) is 4.21 Å². The van der Waals surface area contributed by atoms with Crippen molar-refractivity contribution < 1.29 is 8.42 Å². The van der Waals surface area contributed by atoms with Crippen LogP contribution < -0.4 is 10.5 Å². The van der Waals surface area contributed by atoms with Crippen molar-refractivity contribution >= 4 is 59.4 Å². The average molecular weight is 340 g/mol. The van der Waals surface area contributed by atoms with E-state index < -0.39 is 10.0 Å². The molecule has 0 unspecified atom stereocenters. The summed E-state index contributed by atoms with van der Waals surface area (Å²) in [6.07, 6.45) is 1.53. The first-order valence-corrected chi connectivity index (χ1v) is 7.93. The third kappa shape index (κ3) is 2.54. The molecule has 0 aliphatic heterocycles. The summed E-state index contributed by atoms with van der Waals surface area (Å²) in [5.74, 6) is 0. The monoisotopic (exact) mass is 339 g/mol. The minimum atomic E-state index is -3.56. The van der Waals surface area contributed by atoms with Gasteiger partial charge in [0.15, 0.2) is 5.13 Å². The van der Waals surface area contributed by atoms with Crippen molar-refractivity contribution in [3.63, 3.8) is 0 Å². The Balaban J connectivity index is 2.27. The first-order chi connectivity index (χ1) is 7.47. The van der Waals surface area contributed by atoms with Crippen molar-refractivity contribution in [3.8, 4) is 0 Å². The molecule has 0 fully saturated rings. The van der Waals surface area contributed by atoms with Crippen molar-refractivity contribution in [1.29, 1.82) is 0 Å². The van der Waals surface area contributed by atoms with Gasteiger partial charge in [-0.1, -0.05) is 11.3 Å². The van der Waals surface area contributed by atoms with E-state index in [2.05, 4.69) is 25.6 Å². The van der Waals surface area contributed by atoms with Gasteiger partial charge in [-0.2, -0.15) is 0 Å². The molecule has 16 heavy (non-hydrogen) atoms. The minimum absolute atomic E-state index is 0.177. The van der Waals surface area contributed by atoms with Crippen molar-refractivity contribution in [2.24, 2.45) is 0 Å².